The lowest BCUT2D eigenvalue weighted by molar-refractivity contribution is -0.131. The Morgan fingerprint density at radius 2 is 2.22 bits per heavy atom. The molecule has 4 rings (SSSR count). The number of aliphatic hydroxyl groups excluding tert-OH is 1. The third kappa shape index (κ3) is 5.46. The van der Waals surface area contributed by atoms with Crippen LogP contribution in [-0.4, -0.2) is 53.8 Å². The van der Waals surface area contributed by atoms with Gasteiger partial charge in [0.15, 0.2) is 0 Å². The summed E-state index contributed by atoms with van der Waals surface area (Å²) in [5.74, 6) is 0.942. The molecular formula is C25H33N3O4. The van der Waals surface area contributed by atoms with E-state index in [1.165, 1.54) is 0 Å². The average molecular weight is 440 g/mol. The molecule has 2 aliphatic heterocycles. The molecule has 0 saturated carbocycles. The van der Waals surface area contributed by atoms with Gasteiger partial charge in [-0.2, -0.15) is 0 Å². The number of nitrogens with zero attached hydrogens (tertiary/aromatic N) is 2. The number of likely N-dealkylation sites (tertiary alicyclic amines) is 1. The van der Waals surface area contributed by atoms with Gasteiger partial charge in [-0.05, 0) is 68.0 Å². The number of carbonyl (C=O) groups excluding carboxylic acids is 1. The van der Waals surface area contributed by atoms with Crippen LogP contribution in [0.2, 0.25) is 0 Å². The van der Waals surface area contributed by atoms with Crippen molar-refractivity contribution in [1.82, 2.24) is 15.2 Å². The Morgan fingerprint density at radius 1 is 1.31 bits per heavy atom. The minimum atomic E-state index is -0.350. The lowest BCUT2D eigenvalue weighted by Crippen LogP contribution is -2.45. The van der Waals surface area contributed by atoms with Gasteiger partial charge in [0.2, 0.25) is 5.91 Å². The monoisotopic (exact) mass is 439 g/mol. The molecule has 1 aromatic heterocycles. The highest BCUT2D eigenvalue weighted by molar-refractivity contribution is 5.81. The zero-order chi connectivity index (χ0) is 22.3. The SMILES string of the molecule is COc1ccc(CN2CCCC(C(NC(=O)C3CCCO3)c3ccccn3)C2)cc1CO. The van der Waals surface area contributed by atoms with Crippen molar-refractivity contribution in [3.8, 4) is 5.75 Å². The number of benzene rings is 1. The van der Waals surface area contributed by atoms with Crippen LogP contribution in [0.25, 0.3) is 0 Å². The molecule has 2 N–H and O–H groups in total. The first-order chi connectivity index (χ1) is 15.7. The van der Waals surface area contributed by atoms with E-state index in [0.717, 1.165) is 62.1 Å². The standard InChI is InChI=1S/C25H33N3O4/c1-31-22-10-9-18(14-20(22)17-29)15-28-12-4-6-19(16-28)24(21-7-2-3-11-26-21)27-25(30)23-8-5-13-32-23/h2-3,7,9-11,14,19,23-24,29H,4-6,8,12-13,15-17H2,1H3,(H,27,30). The maximum absolute atomic E-state index is 12.9. The van der Waals surface area contributed by atoms with Crippen LogP contribution in [0.1, 0.15) is 48.5 Å². The zero-order valence-corrected chi connectivity index (χ0v) is 18.7. The van der Waals surface area contributed by atoms with Gasteiger partial charge in [0.05, 0.1) is 25.5 Å². The summed E-state index contributed by atoms with van der Waals surface area (Å²) in [5.41, 5.74) is 2.85. The van der Waals surface area contributed by atoms with Gasteiger partial charge in [-0.15, -0.1) is 0 Å². The van der Waals surface area contributed by atoms with E-state index in [4.69, 9.17) is 9.47 Å². The van der Waals surface area contributed by atoms with Crippen molar-refractivity contribution in [2.24, 2.45) is 5.92 Å². The molecule has 7 nitrogen and oxygen atoms in total. The summed E-state index contributed by atoms with van der Waals surface area (Å²) in [7, 11) is 1.62. The van der Waals surface area contributed by atoms with Gasteiger partial charge in [0, 0.05) is 31.5 Å². The van der Waals surface area contributed by atoms with Gasteiger partial charge in [-0.1, -0.05) is 12.1 Å². The molecule has 2 aromatic rings. The largest absolute Gasteiger partial charge is 0.496 e. The summed E-state index contributed by atoms with van der Waals surface area (Å²) in [4.78, 5) is 19.9. The molecule has 2 fully saturated rings. The maximum atomic E-state index is 12.9. The van der Waals surface area contributed by atoms with Crippen LogP contribution >= 0.6 is 0 Å². The Labute approximate surface area is 189 Å². The minimum Gasteiger partial charge on any atom is -0.496 e. The van der Waals surface area contributed by atoms with E-state index < -0.39 is 0 Å². The van der Waals surface area contributed by atoms with E-state index in [1.54, 1.807) is 13.3 Å². The second-order valence-corrected chi connectivity index (χ2v) is 8.68. The molecule has 172 valence electrons. The molecule has 7 heteroatoms. The van der Waals surface area contributed by atoms with Crippen molar-refractivity contribution in [3.63, 3.8) is 0 Å². The summed E-state index contributed by atoms with van der Waals surface area (Å²) in [6.45, 7) is 3.28. The van der Waals surface area contributed by atoms with Crippen LogP contribution in [0.3, 0.4) is 0 Å². The Hall–Kier alpha value is -2.48. The van der Waals surface area contributed by atoms with Crippen molar-refractivity contribution in [2.45, 2.75) is 51.0 Å². The summed E-state index contributed by atoms with van der Waals surface area (Å²) < 4.78 is 10.9. The molecule has 0 radical (unpaired) electrons. The molecule has 2 saturated heterocycles. The topological polar surface area (TPSA) is 83.9 Å². The first-order valence-corrected chi connectivity index (χ1v) is 11.5. The predicted molar refractivity (Wildman–Crippen MR) is 121 cm³/mol. The number of pyridine rings is 1. The number of amides is 1. The van der Waals surface area contributed by atoms with Gasteiger partial charge in [0.1, 0.15) is 11.9 Å². The van der Waals surface area contributed by atoms with Crippen LogP contribution in [-0.2, 0) is 22.7 Å². The average Bonchev–Trinajstić information content (AvgIpc) is 3.38. The quantitative estimate of drug-likeness (QED) is 0.658. The summed E-state index contributed by atoms with van der Waals surface area (Å²) in [6, 6.07) is 11.7. The van der Waals surface area contributed by atoms with Crippen molar-refractivity contribution < 1.29 is 19.4 Å². The minimum absolute atomic E-state index is 0.0296. The molecule has 32 heavy (non-hydrogen) atoms. The number of aliphatic hydroxyl groups is 1. The molecule has 3 unspecified atom stereocenters. The maximum Gasteiger partial charge on any atom is 0.249 e. The highest BCUT2D eigenvalue weighted by atomic mass is 16.5. The molecule has 0 bridgehead atoms. The van der Waals surface area contributed by atoms with Gasteiger partial charge in [0.25, 0.3) is 0 Å². The second-order valence-electron chi connectivity index (χ2n) is 8.68. The summed E-state index contributed by atoms with van der Waals surface area (Å²) in [5, 5.41) is 12.9. The van der Waals surface area contributed by atoms with E-state index in [1.807, 2.05) is 30.3 Å². The van der Waals surface area contributed by atoms with E-state index in [-0.39, 0.29) is 30.6 Å². The normalized spacial score (nSPS) is 22.4. The Morgan fingerprint density at radius 3 is 2.94 bits per heavy atom. The van der Waals surface area contributed by atoms with Crippen molar-refractivity contribution in [2.75, 3.05) is 26.8 Å². The first kappa shape index (κ1) is 22.7. The fourth-order valence-corrected chi connectivity index (χ4v) is 4.84. The molecule has 0 spiro atoms. The summed E-state index contributed by atoms with van der Waals surface area (Å²) in [6.07, 6.45) is 5.25. The van der Waals surface area contributed by atoms with Gasteiger partial charge >= 0.3 is 0 Å². The third-order valence-corrected chi connectivity index (χ3v) is 6.46. The number of nitrogens with one attached hydrogen (secondary N) is 1. The van der Waals surface area contributed by atoms with E-state index >= 15 is 0 Å². The number of methoxy groups -OCH3 is 1. The van der Waals surface area contributed by atoms with Crippen LogP contribution in [0.4, 0.5) is 0 Å². The van der Waals surface area contributed by atoms with Crippen molar-refractivity contribution in [1.29, 1.82) is 0 Å². The third-order valence-electron chi connectivity index (χ3n) is 6.46. The van der Waals surface area contributed by atoms with E-state index in [0.29, 0.717) is 12.4 Å². The lowest BCUT2D eigenvalue weighted by Gasteiger charge is -2.37. The van der Waals surface area contributed by atoms with Gasteiger partial charge in [-0.3, -0.25) is 14.7 Å². The predicted octanol–water partition coefficient (Wildman–Crippen LogP) is 2.83. The van der Waals surface area contributed by atoms with Gasteiger partial charge in [-0.25, -0.2) is 0 Å². The van der Waals surface area contributed by atoms with Gasteiger partial charge < -0.3 is 19.9 Å². The summed E-state index contributed by atoms with van der Waals surface area (Å²) >= 11 is 0. The molecular weight excluding hydrogens is 406 g/mol. The fraction of sp³-hybridized carbons (Fsp3) is 0.520. The highest BCUT2D eigenvalue weighted by Crippen LogP contribution is 2.31. The Balaban J connectivity index is 1.47. The van der Waals surface area contributed by atoms with Crippen LogP contribution in [0, 0.1) is 5.92 Å². The molecule has 1 aromatic carbocycles. The number of hydrogen-bond acceptors (Lipinski definition) is 6. The molecule has 3 heterocycles. The number of aromatic nitrogens is 1. The van der Waals surface area contributed by atoms with Crippen molar-refractivity contribution in [3.05, 3.63) is 59.4 Å². The second kappa shape index (κ2) is 10.9. The van der Waals surface area contributed by atoms with Crippen LogP contribution in [0.15, 0.2) is 42.6 Å². The lowest BCUT2D eigenvalue weighted by atomic mass is 9.88. The number of hydrogen-bond donors (Lipinski definition) is 2. The molecule has 0 aliphatic carbocycles. The van der Waals surface area contributed by atoms with Crippen LogP contribution < -0.4 is 10.1 Å². The van der Waals surface area contributed by atoms with Crippen molar-refractivity contribution >= 4 is 5.91 Å². The number of ether oxygens (including phenoxy) is 2. The highest BCUT2D eigenvalue weighted by Gasteiger charge is 2.33. The molecule has 2 aliphatic rings. The van der Waals surface area contributed by atoms with E-state index in [9.17, 15) is 9.90 Å². The number of piperidine rings is 1. The Bertz CT molecular complexity index is 886. The zero-order valence-electron chi connectivity index (χ0n) is 18.7. The number of carbonyl (C=O) groups is 1. The molecule has 3 atom stereocenters. The van der Waals surface area contributed by atoms with E-state index in [2.05, 4.69) is 21.3 Å². The Kier molecular flexibility index (Phi) is 7.73. The number of rotatable bonds is 8. The smallest absolute Gasteiger partial charge is 0.249 e. The molecule has 1 amide bonds. The first-order valence-electron chi connectivity index (χ1n) is 11.5. The van der Waals surface area contributed by atoms with Crippen LogP contribution in [0.5, 0.6) is 5.75 Å². The fourth-order valence-electron chi connectivity index (χ4n) is 4.84.